The van der Waals surface area contributed by atoms with Crippen LogP contribution in [0.2, 0.25) is 0 Å². The minimum absolute atomic E-state index is 0.0293. The molecule has 0 bridgehead atoms. The van der Waals surface area contributed by atoms with Crippen molar-refractivity contribution in [2.75, 3.05) is 19.5 Å². The molecule has 6 heteroatoms. The van der Waals surface area contributed by atoms with Gasteiger partial charge in [-0.2, -0.15) is 0 Å². The zero-order valence-electron chi connectivity index (χ0n) is 12.1. The molecular formula is C14H23NO4S. The van der Waals surface area contributed by atoms with E-state index in [2.05, 4.69) is 6.92 Å². The van der Waals surface area contributed by atoms with E-state index in [0.29, 0.717) is 13.0 Å². The highest BCUT2D eigenvalue weighted by Crippen LogP contribution is 2.28. The SMILES string of the molecule is CCc1ccc(OCCCCCS(N)(=O)=O)c(OC)c1. The van der Waals surface area contributed by atoms with Crippen LogP contribution >= 0.6 is 0 Å². The predicted molar refractivity (Wildman–Crippen MR) is 79.7 cm³/mol. The van der Waals surface area contributed by atoms with Gasteiger partial charge in [0.25, 0.3) is 0 Å². The zero-order valence-corrected chi connectivity index (χ0v) is 12.9. The van der Waals surface area contributed by atoms with Gasteiger partial charge in [-0.3, -0.25) is 0 Å². The van der Waals surface area contributed by atoms with Crippen molar-refractivity contribution in [1.82, 2.24) is 0 Å². The highest BCUT2D eigenvalue weighted by molar-refractivity contribution is 7.89. The van der Waals surface area contributed by atoms with Crippen molar-refractivity contribution in [3.05, 3.63) is 23.8 Å². The van der Waals surface area contributed by atoms with E-state index in [1.807, 2.05) is 18.2 Å². The Morgan fingerprint density at radius 2 is 1.90 bits per heavy atom. The number of unbranched alkanes of at least 4 members (excludes halogenated alkanes) is 2. The van der Waals surface area contributed by atoms with Gasteiger partial charge in [0.15, 0.2) is 11.5 Å². The molecule has 0 saturated heterocycles. The molecule has 5 nitrogen and oxygen atoms in total. The topological polar surface area (TPSA) is 78.6 Å². The van der Waals surface area contributed by atoms with Gasteiger partial charge in [0.05, 0.1) is 19.5 Å². The summed E-state index contributed by atoms with van der Waals surface area (Å²) in [6.07, 6.45) is 3.07. The van der Waals surface area contributed by atoms with Gasteiger partial charge in [-0.15, -0.1) is 0 Å². The van der Waals surface area contributed by atoms with Crippen molar-refractivity contribution in [3.8, 4) is 11.5 Å². The van der Waals surface area contributed by atoms with Crippen LogP contribution in [0.4, 0.5) is 0 Å². The number of sulfonamides is 1. The number of primary sulfonamides is 1. The molecule has 0 aromatic heterocycles. The summed E-state index contributed by atoms with van der Waals surface area (Å²) < 4.78 is 32.5. The van der Waals surface area contributed by atoms with Crippen molar-refractivity contribution in [3.63, 3.8) is 0 Å². The Morgan fingerprint density at radius 1 is 1.15 bits per heavy atom. The van der Waals surface area contributed by atoms with Crippen LogP contribution in [-0.2, 0) is 16.4 Å². The lowest BCUT2D eigenvalue weighted by atomic mass is 10.1. The maximum absolute atomic E-state index is 10.8. The van der Waals surface area contributed by atoms with Gasteiger partial charge in [-0.1, -0.05) is 13.0 Å². The largest absolute Gasteiger partial charge is 0.493 e. The van der Waals surface area contributed by atoms with Crippen molar-refractivity contribution in [2.24, 2.45) is 5.14 Å². The van der Waals surface area contributed by atoms with Gasteiger partial charge >= 0.3 is 0 Å². The smallest absolute Gasteiger partial charge is 0.209 e. The van der Waals surface area contributed by atoms with E-state index < -0.39 is 10.0 Å². The van der Waals surface area contributed by atoms with E-state index >= 15 is 0 Å². The molecule has 0 aliphatic carbocycles. The normalized spacial score (nSPS) is 11.3. The number of methoxy groups -OCH3 is 1. The van der Waals surface area contributed by atoms with Crippen LogP contribution in [0.1, 0.15) is 31.7 Å². The summed E-state index contributed by atoms with van der Waals surface area (Å²) in [5.41, 5.74) is 1.20. The Labute approximate surface area is 121 Å². The fourth-order valence-electron chi connectivity index (χ4n) is 1.82. The summed E-state index contributed by atoms with van der Waals surface area (Å²) in [7, 11) is -1.72. The van der Waals surface area contributed by atoms with Crippen molar-refractivity contribution in [2.45, 2.75) is 32.6 Å². The average molecular weight is 301 g/mol. The highest BCUT2D eigenvalue weighted by atomic mass is 32.2. The number of aryl methyl sites for hydroxylation is 1. The molecule has 0 atom stereocenters. The van der Waals surface area contributed by atoms with E-state index in [0.717, 1.165) is 30.8 Å². The Hall–Kier alpha value is -1.27. The molecular weight excluding hydrogens is 278 g/mol. The van der Waals surface area contributed by atoms with Crippen molar-refractivity contribution < 1.29 is 17.9 Å². The Morgan fingerprint density at radius 3 is 2.50 bits per heavy atom. The number of ether oxygens (including phenoxy) is 2. The van der Waals surface area contributed by atoms with E-state index in [9.17, 15) is 8.42 Å². The molecule has 0 aliphatic rings. The van der Waals surface area contributed by atoms with E-state index in [1.54, 1.807) is 7.11 Å². The molecule has 0 aliphatic heterocycles. The molecule has 0 spiro atoms. The van der Waals surface area contributed by atoms with Crippen LogP contribution in [0.3, 0.4) is 0 Å². The molecule has 0 amide bonds. The summed E-state index contributed by atoms with van der Waals surface area (Å²) in [4.78, 5) is 0. The average Bonchev–Trinajstić information content (AvgIpc) is 2.41. The lowest BCUT2D eigenvalue weighted by Gasteiger charge is -2.11. The minimum Gasteiger partial charge on any atom is -0.493 e. The van der Waals surface area contributed by atoms with Crippen LogP contribution in [0, 0.1) is 0 Å². The predicted octanol–water partition coefficient (Wildman–Crippen LogP) is 2.10. The van der Waals surface area contributed by atoms with Gasteiger partial charge in [0.1, 0.15) is 0 Å². The fraction of sp³-hybridized carbons (Fsp3) is 0.571. The summed E-state index contributed by atoms with van der Waals surface area (Å²) >= 11 is 0. The molecule has 0 radical (unpaired) electrons. The van der Waals surface area contributed by atoms with Crippen LogP contribution < -0.4 is 14.6 Å². The lowest BCUT2D eigenvalue weighted by molar-refractivity contribution is 0.286. The first-order valence-electron chi connectivity index (χ1n) is 6.76. The second kappa shape index (κ2) is 8.11. The number of hydrogen-bond acceptors (Lipinski definition) is 4. The van der Waals surface area contributed by atoms with Gasteiger partial charge in [0, 0.05) is 0 Å². The Bertz CT molecular complexity index is 514. The zero-order chi connectivity index (χ0) is 15.0. The summed E-state index contributed by atoms with van der Waals surface area (Å²) in [5, 5.41) is 4.93. The number of benzene rings is 1. The Balaban J connectivity index is 2.35. The fourth-order valence-corrected chi connectivity index (χ4v) is 2.42. The molecule has 114 valence electrons. The first kappa shape index (κ1) is 16.8. The van der Waals surface area contributed by atoms with Crippen molar-refractivity contribution in [1.29, 1.82) is 0 Å². The molecule has 1 rings (SSSR count). The summed E-state index contributed by atoms with van der Waals surface area (Å²) in [5.74, 6) is 1.48. The third-order valence-electron chi connectivity index (χ3n) is 2.97. The van der Waals surface area contributed by atoms with E-state index in [-0.39, 0.29) is 5.75 Å². The second-order valence-corrected chi connectivity index (χ2v) is 6.35. The lowest BCUT2D eigenvalue weighted by Crippen LogP contribution is -2.16. The van der Waals surface area contributed by atoms with Gasteiger partial charge < -0.3 is 9.47 Å². The molecule has 1 aromatic rings. The minimum atomic E-state index is -3.34. The van der Waals surface area contributed by atoms with E-state index in [1.165, 1.54) is 5.56 Å². The van der Waals surface area contributed by atoms with Crippen LogP contribution in [0.25, 0.3) is 0 Å². The Kier molecular flexibility index (Phi) is 6.81. The highest BCUT2D eigenvalue weighted by Gasteiger charge is 2.05. The molecule has 0 unspecified atom stereocenters. The molecule has 2 N–H and O–H groups in total. The summed E-state index contributed by atoms with van der Waals surface area (Å²) in [6.45, 7) is 2.62. The van der Waals surface area contributed by atoms with Crippen LogP contribution in [0.5, 0.6) is 11.5 Å². The molecule has 0 heterocycles. The van der Waals surface area contributed by atoms with Crippen LogP contribution in [-0.4, -0.2) is 27.9 Å². The monoisotopic (exact) mass is 301 g/mol. The molecule has 0 saturated carbocycles. The second-order valence-electron chi connectivity index (χ2n) is 4.61. The number of hydrogen-bond donors (Lipinski definition) is 1. The maximum atomic E-state index is 10.8. The van der Waals surface area contributed by atoms with E-state index in [4.69, 9.17) is 14.6 Å². The summed E-state index contributed by atoms with van der Waals surface area (Å²) in [6, 6.07) is 5.89. The van der Waals surface area contributed by atoms with Crippen LogP contribution in [0.15, 0.2) is 18.2 Å². The first-order valence-corrected chi connectivity index (χ1v) is 8.48. The molecule has 0 fully saturated rings. The van der Waals surface area contributed by atoms with Gasteiger partial charge in [0.2, 0.25) is 10.0 Å². The molecule has 1 aromatic carbocycles. The van der Waals surface area contributed by atoms with Gasteiger partial charge in [-0.25, -0.2) is 13.6 Å². The maximum Gasteiger partial charge on any atom is 0.209 e. The third-order valence-corrected chi connectivity index (χ3v) is 3.82. The first-order chi connectivity index (χ1) is 9.46. The third kappa shape index (κ3) is 6.25. The van der Waals surface area contributed by atoms with Gasteiger partial charge in [-0.05, 0) is 43.4 Å². The quantitative estimate of drug-likeness (QED) is 0.708. The van der Waals surface area contributed by atoms with Crippen molar-refractivity contribution >= 4 is 10.0 Å². The number of nitrogens with two attached hydrogens (primary N) is 1. The number of rotatable bonds is 9. The molecule has 20 heavy (non-hydrogen) atoms. The standard InChI is InChI=1S/C14H23NO4S/c1-3-12-7-8-13(14(11-12)18-2)19-9-5-4-6-10-20(15,16)17/h7-8,11H,3-6,9-10H2,1-2H3,(H2,15,16,17).